The average Bonchev–Trinajstić information content (AvgIpc) is 2.61. The van der Waals surface area contributed by atoms with Crippen LogP contribution in [0.1, 0.15) is 26.3 Å². The predicted molar refractivity (Wildman–Crippen MR) is 105 cm³/mol. The molecule has 144 valence electrons. The minimum absolute atomic E-state index is 0.433. The Hall–Kier alpha value is -3.02. The minimum atomic E-state index is -0.511. The molecular weight excluding hydrogens is 344 g/mol. The fraction of sp³-hybridized carbons (Fsp3) is 0.333. The van der Waals surface area contributed by atoms with Crippen LogP contribution in [0.25, 0.3) is 0 Å². The van der Waals surface area contributed by atoms with Crippen LogP contribution in [0.15, 0.2) is 54.6 Å². The summed E-state index contributed by atoms with van der Waals surface area (Å²) >= 11 is 0. The number of rotatable bonds is 5. The third-order valence-electron chi connectivity index (χ3n) is 3.63. The molecule has 27 heavy (non-hydrogen) atoms. The Labute approximate surface area is 160 Å². The lowest BCUT2D eigenvalue weighted by Gasteiger charge is -2.19. The molecule has 0 aliphatic carbocycles. The number of carbonyl (C=O) groups excluding carboxylic acids is 2. The van der Waals surface area contributed by atoms with Crippen LogP contribution in [0, 0.1) is 0 Å². The van der Waals surface area contributed by atoms with Crippen LogP contribution in [-0.2, 0) is 11.2 Å². The van der Waals surface area contributed by atoms with Crippen molar-refractivity contribution in [1.29, 1.82) is 0 Å². The van der Waals surface area contributed by atoms with E-state index in [0.29, 0.717) is 18.7 Å². The zero-order chi connectivity index (χ0) is 19.9. The normalized spacial score (nSPS) is 10.8. The Morgan fingerprint density at radius 2 is 1.63 bits per heavy atom. The molecule has 0 bridgehead atoms. The Morgan fingerprint density at radius 1 is 1.00 bits per heavy atom. The molecule has 0 saturated heterocycles. The third kappa shape index (κ3) is 7.01. The van der Waals surface area contributed by atoms with Crippen molar-refractivity contribution in [2.24, 2.45) is 0 Å². The molecule has 6 heteroatoms. The lowest BCUT2D eigenvalue weighted by atomic mass is 10.1. The molecule has 0 fully saturated rings. The highest BCUT2D eigenvalue weighted by atomic mass is 16.6. The second-order valence-electron chi connectivity index (χ2n) is 7.09. The average molecular weight is 370 g/mol. The van der Waals surface area contributed by atoms with Crippen LogP contribution in [0.4, 0.5) is 15.3 Å². The summed E-state index contributed by atoms with van der Waals surface area (Å²) in [5, 5.41) is 2.71. The van der Waals surface area contributed by atoms with Crippen LogP contribution in [0.5, 0.6) is 5.75 Å². The summed E-state index contributed by atoms with van der Waals surface area (Å²) in [5.74, 6) is 0.464. The smallest absolute Gasteiger partial charge is 0.419 e. The predicted octanol–water partition coefficient (Wildman–Crippen LogP) is 4.39. The van der Waals surface area contributed by atoms with Gasteiger partial charge in [0.05, 0.1) is 0 Å². The zero-order valence-electron chi connectivity index (χ0n) is 16.2. The lowest BCUT2D eigenvalue weighted by molar-refractivity contribution is 0.0528. The number of alkyl carbamates (subject to hydrolysis) is 1. The molecule has 0 spiro atoms. The number of carbonyl (C=O) groups is 2. The number of anilines is 1. The van der Waals surface area contributed by atoms with Crippen molar-refractivity contribution in [2.75, 3.05) is 18.5 Å². The van der Waals surface area contributed by atoms with Gasteiger partial charge in [0, 0.05) is 19.3 Å². The fourth-order valence-corrected chi connectivity index (χ4v) is 2.27. The SMILES string of the molecule is CN(C(=O)Oc1ccc(CCNC(=O)OC(C)(C)C)cc1)c1ccccc1. The van der Waals surface area contributed by atoms with E-state index in [1.165, 1.54) is 4.90 Å². The first-order chi connectivity index (χ1) is 12.7. The van der Waals surface area contributed by atoms with Crippen molar-refractivity contribution in [1.82, 2.24) is 5.32 Å². The molecule has 0 aromatic heterocycles. The summed E-state index contributed by atoms with van der Waals surface area (Å²) in [5.41, 5.74) is 1.26. The van der Waals surface area contributed by atoms with Crippen molar-refractivity contribution in [3.05, 3.63) is 60.2 Å². The molecule has 0 aliphatic rings. The van der Waals surface area contributed by atoms with Gasteiger partial charge in [-0.15, -0.1) is 0 Å². The monoisotopic (exact) mass is 370 g/mol. The number of hydrogen-bond donors (Lipinski definition) is 1. The van der Waals surface area contributed by atoms with Gasteiger partial charge < -0.3 is 14.8 Å². The Kier molecular flexibility index (Phi) is 6.82. The van der Waals surface area contributed by atoms with E-state index in [-0.39, 0.29) is 0 Å². The molecule has 2 aromatic carbocycles. The van der Waals surface area contributed by atoms with Gasteiger partial charge in [-0.25, -0.2) is 9.59 Å². The quantitative estimate of drug-likeness (QED) is 0.848. The van der Waals surface area contributed by atoms with Gasteiger partial charge in [-0.3, -0.25) is 4.90 Å². The van der Waals surface area contributed by atoms with E-state index in [2.05, 4.69) is 5.32 Å². The van der Waals surface area contributed by atoms with E-state index in [9.17, 15) is 9.59 Å². The standard InChI is InChI=1S/C21H26N2O4/c1-21(2,3)27-19(24)22-15-14-16-10-12-18(13-11-16)26-20(25)23(4)17-8-6-5-7-9-17/h5-13H,14-15H2,1-4H3,(H,22,24). The number of para-hydroxylation sites is 1. The summed E-state index contributed by atoms with van der Waals surface area (Å²) in [4.78, 5) is 25.3. The van der Waals surface area contributed by atoms with E-state index in [1.807, 2.05) is 63.2 Å². The van der Waals surface area contributed by atoms with Gasteiger partial charge in [0.2, 0.25) is 0 Å². The maximum atomic E-state index is 12.2. The molecule has 0 aliphatic heterocycles. The van der Waals surface area contributed by atoms with Gasteiger partial charge in [0.15, 0.2) is 0 Å². The van der Waals surface area contributed by atoms with E-state index in [1.54, 1.807) is 19.2 Å². The number of benzene rings is 2. The van der Waals surface area contributed by atoms with Gasteiger partial charge >= 0.3 is 12.2 Å². The number of amides is 2. The van der Waals surface area contributed by atoms with Crippen LogP contribution in [0.2, 0.25) is 0 Å². The largest absolute Gasteiger partial charge is 0.444 e. The Balaban J connectivity index is 1.81. The number of ether oxygens (including phenoxy) is 2. The first-order valence-corrected chi connectivity index (χ1v) is 8.81. The topological polar surface area (TPSA) is 67.9 Å². The highest BCUT2D eigenvalue weighted by Crippen LogP contribution is 2.17. The molecule has 2 amide bonds. The first kappa shape index (κ1) is 20.3. The molecule has 2 aromatic rings. The minimum Gasteiger partial charge on any atom is -0.444 e. The van der Waals surface area contributed by atoms with Gasteiger partial charge in [0.25, 0.3) is 0 Å². The van der Waals surface area contributed by atoms with Crippen LogP contribution in [-0.4, -0.2) is 31.4 Å². The summed E-state index contributed by atoms with van der Waals surface area (Å²) in [6, 6.07) is 16.5. The maximum absolute atomic E-state index is 12.2. The van der Waals surface area contributed by atoms with Crippen molar-refractivity contribution in [3.8, 4) is 5.75 Å². The summed E-state index contributed by atoms with van der Waals surface area (Å²) in [7, 11) is 1.66. The maximum Gasteiger partial charge on any atom is 0.419 e. The van der Waals surface area contributed by atoms with Crippen molar-refractivity contribution in [2.45, 2.75) is 32.8 Å². The molecule has 0 radical (unpaired) electrons. The van der Waals surface area contributed by atoms with E-state index >= 15 is 0 Å². The molecule has 0 unspecified atom stereocenters. The summed E-state index contributed by atoms with van der Waals surface area (Å²) < 4.78 is 10.6. The van der Waals surface area contributed by atoms with Crippen molar-refractivity contribution < 1.29 is 19.1 Å². The van der Waals surface area contributed by atoms with Gasteiger partial charge in [0.1, 0.15) is 11.4 Å². The molecule has 6 nitrogen and oxygen atoms in total. The molecular formula is C21H26N2O4. The van der Waals surface area contributed by atoms with Gasteiger partial charge in [-0.05, 0) is 57.0 Å². The number of nitrogens with one attached hydrogen (secondary N) is 1. The highest BCUT2D eigenvalue weighted by molar-refractivity contribution is 5.88. The molecule has 0 atom stereocenters. The number of nitrogens with zero attached hydrogens (tertiary/aromatic N) is 1. The van der Waals surface area contributed by atoms with Crippen LogP contribution in [0.3, 0.4) is 0 Å². The second-order valence-corrected chi connectivity index (χ2v) is 7.09. The lowest BCUT2D eigenvalue weighted by Crippen LogP contribution is -2.33. The van der Waals surface area contributed by atoms with E-state index in [4.69, 9.17) is 9.47 Å². The summed E-state index contributed by atoms with van der Waals surface area (Å²) in [6.07, 6.45) is -0.241. The van der Waals surface area contributed by atoms with Crippen molar-refractivity contribution >= 4 is 17.9 Å². The van der Waals surface area contributed by atoms with Crippen molar-refractivity contribution in [3.63, 3.8) is 0 Å². The Bertz CT molecular complexity index is 752. The first-order valence-electron chi connectivity index (χ1n) is 8.81. The van der Waals surface area contributed by atoms with Crippen LogP contribution < -0.4 is 15.0 Å². The molecule has 2 rings (SSSR count). The highest BCUT2D eigenvalue weighted by Gasteiger charge is 2.15. The molecule has 0 saturated carbocycles. The second kappa shape index (κ2) is 9.07. The van der Waals surface area contributed by atoms with Gasteiger partial charge in [-0.2, -0.15) is 0 Å². The zero-order valence-corrected chi connectivity index (χ0v) is 16.2. The third-order valence-corrected chi connectivity index (χ3v) is 3.63. The fourth-order valence-electron chi connectivity index (χ4n) is 2.27. The van der Waals surface area contributed by atoms with Gasteiger partial charge in [-0.1, -0.05) is 30.3 Å². The molecule has 0 heterocycles. The molecule has 1 N–H and O–H groups in total. The van der Waals surface area contributed by atoms with Crippen LogP contribution >= 0.6 is 0 Å². The Morgan fingerprint density at radius 3 is 2.22 bits per heavy atom. The van der Waals surface area contributed by atoms with E-state index < -0.39 is 17.8 Å². The summed E-state index contributed by atoms with van der Waals surface area (Å²) in [6.45, 7) is 5.93. The number of hydrogen-bond acceptors (Lipinski definition) is 4. The van der Waals surface area contributed by atoms with E-state index in [0.717, 1.165) is 11.3 Å².